The molecule has 1 aromatic carbocycles. The Hall–Kier alpha value is -0.830. The van der Waals surface area contributed by atoms with Gasteiger partial charge in [0.15, 0.2) is 0 Å². The van der Waals surface area contributed by atoms with Crippen molar-refractivity contribution in [2.24, 2.45) is 6.98 Å². The van der Waals surface area contributed by atoms with Crippen LogP contribution in [0.25, 0.3) is 10.9 Å². The molecule has 1 aromatic heterocycles. The summed E-state index contributed by atoms with van der Waals surface area (Å²) < 4.78 is 23.7. The zero-order valence-electron chi connectivity index (χ0n) is 9.50. The second-order valence-electron chi connectivity index (χ2n) is 2.68. The molecule has 0 N–H and O–H groups in total. The quantitative estimate of drug-likeness (QED) is 0.677. The average molecular weight is 228 g/mol. The molecule has 3 heteroatoms. The number of rotatable bonds is 0. The van der Waals surface area contributed by atoms with Crippen molar-refractivity contribution in [3.63, 3.8) is 0 Å². The maximum atomic E-state index is 7.25. The molecule has 0 amide bonds. The molecule has 0 aliphatic rings. The highest BCUT2D eigenvalue weighted by atomic mass is 79.9. The lowest BCUT2D eigenvalue weighted by atomic mass is 10.1. The average Bonchev–Trinajstić information content (AvgIpc) is 2.55. The lowest BCUT2D eigenvalue weighted by Crippen LogP contribution is -1.84. The van der Waals surface area contributed by atoms with Gasteiger partial charge in [0.05, 0.1) is 5.52 Å². The highest BCUT2D eigenvalue weighted by Crippen LogP contribution is 2.24. The van der Waals surface area contributed by atoms with Crippen LogP contribution >= 0.6 is 15.9 Å². The molecule has 0 saturated carbocycles. The Kier molecular flexibility index (Phi) is 1.08. The van der Waals surface area contributed by atoms with Crippen LogP contribution in [0.4, 0.5) is 0 Å². The molecule has 0 fully saturated rings. The zero-order valence-corrected chi connectivity index (χ0v) is 8.09. The van der Waals surface area contributed by atoms with E-state index in [1.165, 1.54) is 0 Å². The number of aromatic nitrogens is 2. The largest absolute Gasteiger partial charge is 0.275 e. The molecule has 2 rings (SSSR count). The maximum absolute atomic E-state index is 7.25. The van der Waals surface area contributed by atoms with Crippen LogP contribution in [0.3, 0.4) is 0 Å². The van der Waals surface area contributed by atoms with Gasteiger partial charge >= 0.3 is 0 Å². The van der Waals surface area contributed by atoms with E-state index in [4.69, 9.17) is 4.11 Å². The van der Waals surface area contributed by atoms with E-state index in [2.05, 4.69) is 21.0 Å². The number of fused-ring (bicyclic) bond motifs is 1. The van der Waals surface area contributed by atoms with Gasteiger partial charge in [-0.2, -0.15) is 5.10 Å². The third kappa shape index (κ3) is 1.05. The first-order chi connectivity index (χ1) is 6.89. The Bertz CT molecular complexity index is 516. The van der Waals surface area contributed by atoms with Crippen molar-refractivity contribution in [1.82, 2.24) is 9.78 Å². The minimum Gasteiger partial charge on any atom is -0.275 e. The molecule has 2 aromatic rings. The number of nitrogens with zero attached hydrogens (tertiary/aromatic N) is 2. The van der Waals surface area contributed by atoms with Gasteiger partial charge in [-0.25, -0.2) is 0 Å². The molecule has 0 aliphatic heterocycles. The van der Waals surface area contributed by atoms with Crippen LogP contribution in [0.2, 0.25) is 0 Å². The van der Waals surface area contributed by atoms with Gasteiger partial charge in [0.2, 0.25) is 0 Å². The number of hydrogen-bond acceptors (Lipinski definition) is 1. The van der Waals surface area contributed by atoms with E-state index in [-0.39, 0.29) is 0 Å². The maximum Gasteiger partial charge on any atom is 0.0926 e. The normalized spacial score (nSPS) is 15.7. The van der Waals surface area contributed by atoms with Crippen LogP contribution in [0.15, 0.2) is 22.8 Å². The molecule has 0 atom stereocenters. The van der Waals surface area contributed by atoms with Crippen LogP contribution in [-0.2, 0) is 6.98 Å². The van der Waals surface area contributed by atoms with Gasteiger partial charge < -0.3 is 0 Å². The summed E-state index contributed by atoms with van der Waals surface area (Å²) in [6.45, 7) is -0.282. The van der Waals surface area contributed by atoms with Gasteiger partial charge in [-0.15, -0.1) is 0 Å². The summed E-state index contributed by atoms with van der Waals surface area (Å²) in [6, 6.07) is 3.67. The Morgan fingerprint density at radius 2 is 2.42 bits per heavy atom. The van der Waals surface area contributed by atoms with Crippen LogP contribution < -0.4 is 0 Å². The van der Waals surface area contributed by atoms with Crippen molar-refractivity contribution in [3.05, 3.63) is 28.4 Å². The summed E-state index contributed by atoms with van der Waals surface area (Å²) in [6.07, 6.45) is 1.56. The van der Waals surface area contributed by atoms with E-state index < -0.39 is 6.98 Å². The van der Waals surface area contributed by atoms with E-state index >= 15 is 0 Å². The van der Waals surface area contributed by atoms with E-state index in [9.17, 15) is 0 Å². The summed E-state index contributed by atoms with van der Waals surface area (Å²) in [5.74, 6) is 0. The molecular weight excluding hydrogens is 216 g/mol. The summed E-state index contributed by atoms with van der Waals surface area (Å²) in [4.78, 5) is 0. The first-order valence-corrected chi connectivity index (χ1v) is 4.34. The predicted molar refractivity (Wildman–Crippen MR) is 53.2 cm³/mol. The molecule has 62 valence electrons. The van der Waals surface area contributed by atoms with Crippen LogP contribution in [0, 0.1) is 6.92 Å². The zero-order chi connectivity index (χ0) is 11.2. The lowest BCUT2D eigenvalue weighted by Gasteiger charge is -1.96. The van der Waals surface area contributed by atoms with Gasteiger partial charge in [-0.3, -0.25) is 4.68 Å². The molecule has 0 aliphatic carbocycles. The van der Waals surface area contributed by atoms with Crippen LogP contribution in [-0.4, -0.2) is 9.78 Å². The molecule has 0 saturated heterocycles. The Morgan fingerprint density at radius 1 is 1.58 bits per heavy atom. The van der Waals surface area contributed by atoms with Gasteiger partial charge in [0, 0.05) is 27.1 Å². The fourth-order valence-corrected chi connectivity index (χ4v) is 1.55. The Morgan fingerprint density at radius 3 is 3.17 bits per heavy atom. The van der Waals surface area contributed by atoms with E-state index in [1.807, 2.05) is 13.0 Å². The minimum atomic E-state index is -2.21. The van der Waals surface area contributed by atoms with E-state index in [0.717, 1.165) is 20.1 Å². The molecule has 12 heavy (non-hydrogen) atoms. The molecule has 0 unspecified atom stereocenters. The van der Waals surface area contributed by atoms with Crippen molar-refractivity contribution >= 4 is 26.8 Å². The second-order valence-corrected chi connectivity index (χ2v) is 3.53. The van der Waals surface area contributed by atoms with Crippen molar-refractivity contribution in [2.75, 3.05) is 0 Å². The first kappa shape index (κ1) is 5.02. The Labute approximate surface area is 83.5 Å². The highest BCUT2D eigenvalue weighted by molar-refractivity contribution is 9.10. The summed E-state index contributed by atoms with van der Waals surface area (Å²) in [5.41, 5.74) is 1.70. The fraction of sp³-hybridized carbons (Fsp3) is 0.222. The molecule has 0 spiro atoms. The summed E-state index contributed by atoms with van der Waals surface area (Å²) >= 11 is 3.40. The molecule has 0 radical (unpaired) electrons. The number of halogens is 1. The second kappa shape index (κ2) is 2.59. The highest BCUT2D eigenvalue weighted by Gasteiger charge is 2.03. The predicted octanol–water partition coefficient (Wildman–Crippen LogP) is 2.64. The van der Waals surface area contributed by atoms with Crippen molar-refractivity contribution in [2.45, 2.75) is 6.92 Å². The van der Waals surface area contributed by atoms with Crippen molar-refractivity contribution in [3.8, 4) is 0 Å². The van der Waals surface area contributed by atoms with E-state index in [0.29, 0.717) is 5.52 Å². The van der Waals surface area contributed by atoms with E-state index in [1.54, 1.807) is 12.3 Å². The Balaban J connectivity index is 2.72. The smallest absolute Gasteiger partial charge is 0.0926 e. The van der Waals surface area contributed by atoms with Gasteiger partial charge in [-0.05, 0) is 24.6 Å². The summed E-state index contributed by atoms with van der Waals surface area (Å²) in [5, 5.41) is 4.88. The van der Waals surface area contributed by atoms with Crippen molar-refractivity contribution in [1.29, 1.82) is 0 Å². The van der Waals surface area contributed by atoms with Crippen molar-refractivity contribution < 1.29 is 4.11 Å². The molecular formula is C9H9BrN2. The number of hydrogen-bond donors (Lipinski definition) is 0. The van der Waals surface area contributed by atoms with Gasteiger partial charge in [-0.1, -0.05) is 15.9 Å². The minimum absolute atomic E-state index is 0.701. The SMILES string of the molecule is [2H]C([2H])([2H])n1cc2c(C)c(Br)ccc2n1. The number of aryl methyl sites for hydroxylation is 2. The molecule has 2 nitrogen and oxygen atoms in total. The number of benzene rings is 1. The summed E-state index contributed by atoms with van der Waals surface area (Å²) in [7, 11) is 0. The molecule has 1 heterocycles. The van der Waals surface area contributed by atoms with Crippen LogP contribution in [0.1, 0.15) is 9.68 Å². The first-order valence-electron chi connectivity index (χ1n) is 5.04. The third-order valence-corrected chi connectivity index (χ3v) is 2.75. The van der Waals surface area contributed by atoms with Crippen LogP contribution in [0.5, 0.6) is 0 Å². The van der Waals surface area contributed by atoms with Gasteiger partial charge in [0.1, 0.15) is 0 Å². The molecule has 0 bridgehead atoms. The van der Waals surface area contributed by atoms with Gasteiger partial charge in [0.25, 0.3) is 0 Å². The topological polar surface area (TPSA) is 17.8 Å². The standard InChI is InChI=1S/C9H9BrN2/c1-6-7-5-12(2)11-9(7)4-3-8(6)10/h3-5H,1-2H3/i2D3. The fourth-order valence-electron chi connectivity index (χ4n) is 1.21. The third-order valence-electron chi connectivity index (χ3n) is 1.89. The monoisotopic (exact) mass is 227 g/mol. The lowest BCUT2D eigenvalue weighted by molar-refractivity contribution is 0.779.